The summed E-state index contributed by atoms with van der Waals surface area (Å²) >= 11 is 0. The van der Waals surface area contributed by atoms with Gasteiger partial charge in [-0.2, -0.15) is 0 Å². The molecule has 6 nitrogen and oxygen atoms in total. The first-order valence-electron chi connectivity index (χ1n) is 10.1. The molecule has 0 bridgehead atoms. The lowest BCUT2D eigenvalue weighted by atomic mass is 9.88. The lowest BCUT2D eigenvalue weighted by Gasteiger charge is -2.35. The van der Waals surface area contributed by atoms with E-state index >= 15 is 0 Å². The number of nitrogens with zero attached hydrogens (tertiary/aromatic N) is 2. The first-order chi connectivity index (χ1) is 13.3. The summed E-state index contributed by atoms with van der Waals surface area (Å²) in [5, 5.41) is 0. The van der Waals surface area contributed by atoms with Crippen LogP contribution in [0.25, 0.3) is 0 Å². The van der Waals surface area contributed by atoms with Crippen molar-refractivity contribution in [2.45, 2.75) is 58.1 Å². The molecule has 2 saturated heterocycles. The molecular formula is C22H30N2O4. The van der Waals surface area contributed by atoms with Crippen LogP contribution < -0.4 is 0 Å². The molecule has 6 heteroatoms. The van der Waals surface area contributed by atoms with Crippen LogP contribution in [-0.4, -0.2) is 58.9 Å². The number of hydrogen-bond acceptors (Lipinski definition) is 4. The minimum absolute atomic E-state index is 0.0195. The van der Waals surface area contributed by atoms with Gasteiger partial charge in [0.25, 0.3) is 0 Å². The van der Waals surface area contributed by atoms with Crippen molar-refractivity contribution in [3.8, 4) is 0 Å². The minimum atomic E-state index is -0.580. The Morgan fingerprint density at radius 3 is 2.21 bits per heavy atom. The summed E-state index contributed by atoms with van der Waals surface area (Å²) in [6, 6.07) is 8.88. The summed E-state index contributed by atoms with van der Waals surface area (Å²) in [7, 11) is 0. The number of ketones is 1. The summed E-state index contributed by atoms with van der Waals surface area (Å²) in [6.45, 7) is 7.14. The van der Waals surface area contributed by atoms with Gasteiger partial charge in [-0.25, -0.2) is 4.79 Å². The van der Waals surface area contributed by atoms with Crippen LogP contribution in [0.2, 0.25) is 0 Å². The topological polar surface area (TPSA) is 66.9 Å². The molecule has 2 heterocycles. The quantitative estimate of drug-likeness (QED) is 0.746. The maximum Gasteiger partial charge on any atom is 0.410 e. The number of carbonyl (C=O) groups excluding carboxylic acids is 3. The zero-order chi connectivity index (χ0) is 20.3. The van der Waals surface area contributed by atoms with Crippen LogP contribution in [0.3, 0.4) is 0 Å². The summed E-state index contributed by atoms with van der Waals surface area (Å²) in [6.07, 6.45) is 2.38. The Morgan fingerprint density at radius 1 is 0.964 bits per heavy atom. The molecule has 1 atom stereocenters. The van der Waals surface area contributed by atoms with Crippen LogP contribution in [0.15, 0.2) is 30.3 Å². The number of amides is 2. The molecule has 0 saturated carbocycles. The van der Waals surface area contributed by atoms with Crippen LogP contribution in [0, 0.1) is 5.92 Å². The molecule has 28 heavy (non-hydrogen) atoms. The number of likely N-dealkylation sites (tertiary alicyclic amines) is 2. The van der Waals surface area contributed by atoms with Crippen molar-refractivity contribution in [2.75, 3.05) is 19.6 Å². The lowest BCUT2D eigenvalue weighted by Crippen LogP contribution is -2.51. The van der Waals surface area contributed by atoms with Crippen LogP contribution in [0.4, 0.5) is 4.79 Å². The molecule has 2 aliphatic rings. The van der Waals surface area contributed by atoms with E-state index in [1.165, 1.54) is 0 Å². The molecule has 0 radical (unpaired) electrons. The monoisotopic (exact) mass is 386 g/mol. The standard InChI is InChI=1S/C22H30N2O4/c1-22(2,3)28-21(27)24-13-7-10-18(24)20(26)23-14-11-17(12-15-23)19(25)16-8-5-4-6-9-16/h4-6,8-9,17-18H,7,10-15H2,1-3H3. The van der Waals surface area contributed by atoms with Crippen LogP contribution >= 0.6 is 0 Å². The second kappa shape index (κ2) is 8.33. The van der Waals surface area contributed by atoms with Crippen molar-refractivity contribution in [3.05, 3.63) is 35.9 Å². The Balaban J connectivity index is 1.57. The van der Waals surface area contributed by atoms with Gasteiger partial charge < -0.3 is 9.64 Å². The van der Waals surface area contributed by atoms with Crippen LogP contribution in [-0.2, 0) is 9.53 Å². The lowest BCUT2D eigenvalue weighted by molar-refractivity contribution is -0.137. The Morgan fingerprint density at radius 2 is 1.61 bits per heavy atom. The van der Waals surface area contributed by atoms with Crippen molar-refractivity contribution in [3.63, 3.8) is 0 Å². The fourth-order valence-corrected chi connectivity index (χ4v) is 3.97. The third kappa shape index (κ3) is 4.72. The van der Waals surface area contributed by atoms with Crippen molar-refractivity contribution in [1.82, 2.24) is 9.80 Å². The highest BCUT2D eigenvalue weighted by Crippen LogP contribution is 2.26. The summed E-state index contributed by atoms with van der Waals surface area (Å²) in [5.41, 5.74) is 0.155. The van der Waals surface area contributed by atoms with E-state index in [-0.39, 0.29) is 17.6 Å². The predicted octanol–water partition coefficient (Wildman–Crippen LogP) is 3.51. The molecular weight excluding hydrogens is 356 g/mol. The molecule has 152 valence electrons. The second-order valence-electron chi connectivity index (χ2n) is 8.66. The van der Waals surface area contributed by atoms with Gasteiger partial charge in [0.1, 0.15) is 11.6 Å². The number of carbonyl (C=O) groups is 3. The maximum atomic E-state index is 13.0. The molecule has 0 N–H and O–H groups in total. The van der Waals surface area contributed by atoms with Gasteiger partial charge in [0.15, 0.2) is 5.78 Å². The van der Waals surface area contributed by atoms with Crippen molar-refractivity contribution < 1.29 is 19.1 Å². The molecule has 2 fully saturated rings. The number of rotatable bonds is 3. The van der Waals surface area contributed by atoms with Gasteiger partial charge in [0.05, 0.1) is 0 Å². The van der Waals surface area contributed by atoms with Gasteiger partial charge in [-0.15, -0.1) is 0 Å². The second-order valence-corrected chi connectivity index (χ2v) is 8.66. The van der Waals surface area contributed by atoms with E-state index in [9.17, 15) is 14.4 Å². The largest absolute Gasteiger partial charge is 0.444 e. The first kappa shape index (κ1) is 20.4. The summed E-state index contributed by atoms with van der Waals surface area (Å²) < 4.78 is 5.46. The van der Waals surface area contributed by atoms with Crippen molar-refractivity contribution in [2.24, 2.45) is 5.92 Å². The Labute approximate surface area is 166 Å². The maximum absolute atomic E-state index is 13.0. The number of piperidine rings is 1. The van der Waals surface area contributed by atoms with Gasteiger partial charge in [-0.3, -0.25) is 14.5 Å². The molecule has 0 aromatic heterocycles. The third-order valence-corrected chi connectivity index (χ3v) is 5.40. The molecule has 2 amide bonds. The summed E-state index contributed by atoms with van der Waals surface area (Å²) in [5.74, 6) is 0.0925. The van der Waals surface area contributed by atoms with Gasteiger partial charge in [-0.05, 0) is 46.5 Å². The zero-order valence-electron chi connectivity index (χ0n) is 17.0. The predicted molar refractivity (Wildman–Crippen MR) is 106 cm³/mol. The van der Waals surface area contributed by atoms with E-state index in [4.69, 9.17) is 4.74 Å². The van der Waals surface area contributed by atoms with E-state index in [1.54, 1.807) is 4.90 Å². The molecule has 0 spiro atoms. The van der Waals surface area contributed by atoms with Crippen molar-refractivity contribution >= 4 is 17.8 Å². The highest BCUT2D eigenvalue weighted by Gasteiger charge is 2.39. The molecule has 2 aliphatic heterocycles. The first-order valence-corrected chi connectivity index (χ1v) is 10.1. The zero-order valence-corrected chi connectivity index (χ0v) is 17.0. The number of hydrogen-bond donors (Lipinski definition) is 0. The minimum Gasteiger partial charge on any atom is -0.444 e. The van der Waals surface area contributed by atoms with Crippen LogP contribution in [0.1, 0.15) is 56.8 Å². The number of benzene rings is 1. The third-order valence-electron chi connectivity index (χ3n) is 5.40. The van der Waals surface area contributed by atoms with E-state index in [0.29, 0.717) is 38.9 Å². The molecule has 1 aromatic rings. The van der Waals surface area contributed by atoms with E-state index in [2.05, 4.69) is 0 Å². The van der Waals surface area contributed by atoms with Gasteiger partial charge in [0.2, 0.25) is 5.91 Å². The Kier molecular flexibility index (Phi) is 6.06. The van der Waals surface area contributed by atoms with Crippen LogP contribution in [0.5, 0.6) is 0 Å². The van der Waals surface area contributed by atoms with E-state index in [1.807, 2.05) is 56.0 Å². The fourth-order valence-electron chi connectivity index (χ4n) is 3.97. The number of Topliss-reactive ketones (excluding diaryl/α,β-unsaturated/α-hetero) is 1. The van der Waals surface area contributed by atoms with Gasteiger partial charge in [0, 0.05) is 31.1 Å². The highest BCUT2D eigenvalue weighted by atomic mass is 16.6. The molecule has 1 unspecified atom stereocenters. The Hall–Kier alpha value is -2.37. The SMILES string of the molecule is CC(C)(C)OC(=O)N1CCCC1C(=O)N1CCC(C(=O)c2ccccc2)CC1. The molecule has 1 aromatic carbocycles. The summed E-state index contributed by atoms with van der Waals surface area (Å²) in [4.78, 5) is 41.5. The fraction of sp³-hybridized carbons (Fsp3) is 0.591. The van der Waals surface area contributed by atoms with E-state index in [0.717, 1.165) is 12.0 Å². The average molecular weight is 386 g/mol. The Bertz CT molecular complexity index is 718. The molecule has 3 rings (SSSR count). The van der Waals surface area contributed by atoms with Gasteiger partial charge in [-0.1, -0.05) is 30.3 Å². The molecule has 0 aliphatic carbocycles. The highest BCUT2D eigenvalue weighted by molar-refractivity contribution is 5.98. The van der Waals surface area contributed by atoms with Crippen molar-refractivity contribution in [1.29, 1.82) is 0 Å². The van der Waals surface area contributed by atoms with E-state index < -0.39 is 17.7 Å². The average Bonchev–Trinajstić information content (AvgIpc) is 3.16. The van der Waals surface area contributed by atoms with Gasteiger partial charge >= 0.3 is 6.09 Å². The smallest absolute Gasteiger partial charge is 0.410 e. The normalized spacial score (nSPS) is 20.9. The number of ether oxygens (including phenoxy) is 1.